The molecule has 22 heavy (non-hydrogen) atoms. The predicted octanol–water partition coefficient (Wildman–Crippen LogP) is 6.61. The molecule has 0 rings (SSSR count). The van der Waals surface area contributed by atoms with Gasteiger partial charge in [0.05, 0.1) is 0 Å². The van der Waals surface area contributed by atoms with E-state index in [2.05, 4.69) is 81.8 Å². The largest absolute Gasteiger partial charge is 0.307 e. The Balaban J connectivity index is 5.36. The average Bonchev–Trinajstić information content (AvgIpc) is 2.44. The molecule has 0 aliphatic heterocycles. The van der Waals surface area contributed by atoms with Gasteiger partial charge in [-0.2, -0.15) is 0 Å². The van der Waals surface area contributed by atoms with Gasteiger partial charge < -0.3 is 5.32 Å². The molecule has 131 valence electrons. The van der Waals surface area contributed by atoms with E-state index in [-0.39, 0.29) is 11.1 Å². The first-order valence-electron chi connectivity index (χ1n) is 9.59. The van der Waals surface area contributed by atoms with Crippen LogP contribution in [0.5, 0.6) is 0 Å². The van der Waals surface area contributed by atoms with Crippen molar-refractivity contribution < 1.29 is 0 Å². The van der Waals surface area contributed by atoms with Crippen LogP contribution in [0.15, 0.2) is 0 Å². The van der Waals surface area contributed by atoms with Gasteiger partial charge in [-0.05, 0) is 40.0 Å². The summed E-state index contributed by atoms with van der Waals surface area (Å²) in [6.07, 6.45) is 7.30. The van der Waals surface area contributed by atoms with Gasteiger partial charge in [0, 0.05) is 11.1 Å². The predicted molar refractivity (Wildman–Crippen MR) is 104 cm³/mol. The Bertz CT molecular complexity index is 310. The second kappa shape index (κ2) is 8.22. The van der Waals surface area contributed by atoms with E-state index in [0.717, 1.165) is 0 Å². The number of rotatable bonds is 10. The highest BCUT2D eigenvalue weighted by Gasteiger charge is 2.41. The molecule has 0 saturated heterocycles. The van der Waals surface area contributed by atoms with Gasteiger partial charge in [-0.15, -0.1) is 0 Å². The highest BCUT2D eigenvalue weighted by molar-refractivity contribution is 6.44. The quantitative estimate of drug-likeness (QED) is 0.447. The van der Waals surface area contributed by atoms with Gasteiger partial charge in [0.15, 0.2) is 0 Å². The molecule has 0 saturated carbocycles. The molecule has 1 nitrogen and oxygen atoms in total. The van der Waals surface area contributed by atoms with Crippen molar-refractivity contribution in [2.75, 3.05) is 0 Å². The van der Waals surface area contributed by atoms with Crippen molar-refractivity contribution in [3.05, 3.63) is 0 Å². The van der Waals surface area contributed by atoms with E-state index in [1.165, 1.54) is 38.5 Å². The standard InChI is InChI=1S/C20H43BN/c1-11-18(9,12-2)21-19(10,13-3)16-20(14-4,15-5)22-17(6,7)8/h22H,11-16H2,1-10H3. The van der Waals surface area contributed by atoms with Gasteiger partial charge in [0.1, 0.15) is 7.28 Å². The summed E-state index contributed by atoms with van der Waals surface area (Å²) in [7, 11) is 2.68. The minimum atomic E-state index is 0.166. The fourth-order valence-corrected chi connectivity index (χ4v) is 3.86. The topological polar surface area (TPSA) is 12.0 Å². The number of hydrogen-bond donors (Lipinski definition) is 1. The first-order chi connectivity index (χ1) is 9.92. The van der Waals surface area contributed by atoms with E-state index in [1.807, 2.05) is 0 Å². The molecule has 0 aromatic heterocycles. The SMILES string of the molecule is CCC(C)([B]C(C)(CC)CC(CC)(CC)NC(C)(C)C)CC. The van der Waals surface area contributed by atoms with Crippen molar-refractivity contribution in [2.24, 2.45) is 0 Å². The Morgan fingerprint density at radius 2 is 1.05 bits per heavy atom. The van der Waals surface area contributed by atoms with Gasteiger partial charge in [0.25, 0.3) is 0 Å². The molecule has 1 radical (unpaired) electrons. The van der Waals surface area contributed by atoms with Crippen LogP contribution in [0.25, 0.3) is 0 Å². The van der Waals surface area contributed by atoms with E-state index in [0.29, 0.717) is 10.6 Å². The van der Waals surface area contributed by atoms with Crippen LogP contribution in [0.1, 0.15) is 108 Å². The van der Waals surface area contributed by atoms with Crippen molar-refractivity contribution >= 4 is 7.28 Å². The van der Waals surface area contributed by atoms with Crippen LogP contribution in [-0.4, -0.2) is 18.4 Å². The van der Waals surface area contributed by atoms with Gasteiger partial charge in [-0.3, -0.25) is 0 Å². The summed E-state index contributed by atoms with van der Waals surface area (Å²) in [5.41, 5.74) is 0.404. The first-order valence-corrected chi connectivity index (χ1v) is 9.59. The van der Waals surface area contributed by atoms with Gasteiger partial charge in [-0.1, -0.05) is 78.4 Å². The number of hydrogen-bond acceptors (Lipinski definition) is 1. The Morgan fingerprint density at radius 3 is 1.32 bits per heavy atom. The van der Waals surface area contributed by atoms with Crippen LogP contribution in [0.3, 0.4) is 0 Å². The van der Waals surface area contributed by atoms with Crippen LogP contribution < -0.4 is 5.32 Å². The molecule has 0 fully saturated rings. The fourth-order valence-electron chi connectivity index (χ4n) is 3.86. The zero-order chi connectivity index (χ0) is 17.7. The minimum absolute atomic E-state index is 0.166. The highest BCUT2D eigenvalue weighted by Crippen LogP contribution is 2.48. The lowest BCUT2D eigenvalue weighted by Crippen LogP contribution is -2.55. The lowest BCUT2D eigenvalue weighted by Gasteiger charge is -2.47. The van der Waals surface area contributed by atoms with E-state index in [4.69, 9.17) is 0 Å². The molecule has 0 amide bonds. The molecule has 1 atom stereocenters. The second-order valence-corrected chi connectivity index (χ2v) is 9.05. The molecule has 0 bridgehead atoms. The van der Waals surface area contributed by atoms with Crippen molar-refractivity contribution in [1.82, 2.24) is 5.32 Å². The zero-order valence-corrected chi connectivity index (χ0v) is 17.3. The van der Waals surface area contributed by atoms with Gasteiger partial charge in [0.2, 0.25) is 0 Å². The maximum atomic E-state index is 3.96. The van der Waals surface area contributed by atoms with E-state index in [1.54, 1.807) is 0 Å². The summed E-state index contributed by atoms with van der Waals surface area (Å²) in [5, 5.41) is 4.62. The molecule has 0 aliphatic carbocycles. The average molecular weight is 308 g/mol. The summed E-state index contributed by atoms with van der Waals surface area (Å²) >= 11 is 0. The third-order valence-corrected chi connectivity index (χ3v) is 5.86. The first kappa shape index (κ1) is 22.0. The van der Waals surface area contributed by atoms with Crippen LogP contribution in [0.2, 0.25) is 10.6 Å². The van der Waals surface area contributed by atoms with Crippen molar-refractivity contribution in [3.8, 4) is 0 Å². The molecule has 1 N–H and O–H groups in total. The normalized spacial score (nSPS) is 16.5. The third kappa shape index (κ3) is 6.65. The smallest absolute Gasteiger partial charge is 0.125 e. The van der Waals surface area contributed by atoms with Crippen molar-refractivity contribution in [1.29, 1.82) is 0 Å². The Kier molecular flexibility index (Phi) is 8.23. The third-order valence-electron chi connectivity index (χ3n) is 5.86. The summed E-state index contributed by atoms with van der Waals surface area (Å²) in [6, 6.07) is 0. The molecule has 0 heterocycles. The van der Waals surface area contributed by atoms with Crippen LogP contribution in [0.4, 0.5) is 0 Å². The highest BCUT2D eigenvalue weighted by atomic mass is 15.0. The molecule has 2 heteroatoms. The lowest BCUT2D eigenvalue weighted by atomic mass is 9.36. The summed E-state index contributed by atoms with van der Waals surface area (Å²) < 4.78 is 0. The van der Waals surface area contributed by atoms with Crippen LogP contribution in [0, 0.1) is 0 Å². The summed E-state index contributed by atoms with van der Waals surface area (Å²) in [5.74, 6) is 0. The molecular formula is C20H43BN. The summed E-state index contributed by atoms with van der Waals surface area (Å²) in [4.78, 5) is 0. The molecular weight excluding hydrogens is 265 g/mol. The maximum absolute atomic E-state index is 3.96. The summed E-state index contributed by atoms with van der Waals surface area (Å²) in [6.45, 7) is 23.5. The van der Waals surface area contributed by atoms with Gasteiger partial charge in [-0.25, -0.2) is 0 Å². The monoisotopic (exact) mass is 308 g/mol. The molecule has 0 spiro atoms. The number of nitrogens with one attached hydrogen (secondary N) is 1. The zero-order valence-electron chi connectivity index (χ0n) is 17.3. The van der Waals surface area contributed by atoms with Crippen LogP contribution >= 0.6 is 0 Å². The molecule has 0 aromatic rings. The van der Waals surface area contributed by atoms with E-state index >= 15 is 0 Å². The Hall–Kier alpha value is 0.0249. The van der Waals surface area contributed by atoms with E-state index in [9.17, 15) is 0 Å². The Morgan fingerprint density at radius 1 is 0.636 bits per heavy atom. The van der Waals surface area contributed by atoms with Crippen molar-refractivity contribution in [2.45, 2.75) is 129 Å². The second-order valence-electron chi connectivity index (χ2n) is 9.05. The fraction of sp³-hybridized carbons (Fsp3) is 1.00. The Labute approximate surface area is 142 Å². The lowest BCUT2D eigenvalue weighted by molar-refractivity contribution is 0.188. The minimum Gasteiger partial charge on any atom is -0.307 e. The molecule has 0 aromatic carbocycles. The molecule has 0 aliphatic rings. The van der Waals surface area contributed by atoms with E-state index < -0.39 is 0 Å². The van der Waals surface area contributed by atoms with Crippen molar-refractivity contribution in [3.63, 3.8) is 0 Å². The molecule has 1 unspecified atom stereocenters. The van der Waals surface area contributed by atoms with Gasteiger partial charge >= 0.3 is 0 Å². The van der Waals surface area contributed by atoms with Crippen LogP contribution in [-0.2, 0) is 0 Å². The maximum Gasteiger partial charge on any atom is 0.125 e.